The van der Waals surface area contributed by atoms with Gasteiger partial charge in [0.1, 0.15) is 5.56 Å². The lowest BCUT2D eigenvalue weighted by molar-refractivity contribution is 0.0281. The molecular formula is C17H25N3O3. The van der Waals surface area contributed by atoms with Crippen LogP contribution in [-0.2, 0) is 0 Å². The van der Waals surface area contributed by atoms with Crippen molar-refractivity contribution < 1.29 is 9.90 Å². The fourth-order valence-corrected chi connectivity index (χ4v) is 4.05. The zero-order valence-corrected chi connectivity index (χ0v) is 13.5. The number of H-pyrrole nitrogens is 1. The Bertz CT molecular complexity index is 630. The monoisotopic (exact) mass is 319 g/mol. The lowest BCUT2D eigenvalue weighted by Gasteiger charge is -2.33. The number of amides is 1. The summed E-state index contributed by atoms with van der Waals surface area (Å²) in [7, 11) is 0. The Morgan fingerprint density at radius 2 is 2.22 bits per heavy atom. The Hall–Kier alpha value is -1.66. The van der Waals surface area contributed by atoms with E-state index in [2.05, 4.69) is 22.5 Å². The molecule has 1 aromatic heterocycles. The Balaban J connectivity index is 1.61. The summed E-state index contributed by atoms with van der Waals surface area (Å²) in [6, 6.07) is 3.58. The number of hydrogen-bond donors (Lipinski definition) is 4. The highest BCUT2D eigenvalue weighted by Gasteiger charge is 2.48. The van der Waals surface area contributed by atoms with Crippen LogP contribution < -0.4 is 16.2 Å². The van der Waals surface area contributed by atoms with E-state index in [1.165, 1.54) is 12.3 Å². The highest BCUT2D eigenvalue weighted by Crippen LogP contribution is 2.43. The number of aromatic amines is 1. The van der Waals surface area contributed by atoms with Crippen molar-refractivity contribution in [2.24, 2.45) is 5.41 Å². The van der Waals surface area contributed by atoms with Gasteiger partial charge in [0, 0.05) is 30.2 Å². The van der Waals surface area contributed by atoms with Crippen LogP contribution in [0.4, 0.5) is 0 Å². The third-order valence-corrected chi connectivity index (χ3v) is 5.47. The molecule has 0 aromatic carbocycles. The maximum absolute atomic E-state index is 12.1. The van der Waals surface area contributed by atoms with E-state index in [1.54, 1.807) is 6.07 Å². The molecular weight excluding hydrogens is 294 g/mol. The van der Waals surface area contributed by atoms with Gasteiger partial charge < -0.3 is 20.7 Å². The summed E-state index contributed by atoms with van der Waals surface area (Å²) >= 11 is 0. The van der Waals surface area contributed by atoms with Gasteiger partial charge in [0.05, 0.1) is 6.10 Å². The van der Waals surface area contributed by atoms with Gasteiger partial charge in [-0.2, -0.15) is 0 Å². The Morgan fingerprint density at radius 1 is 1.43 bits per heavy atom. The van der Waals surface area contributed by atoms with Crippen molar-refractivity contribution in [3.8, 4) is 0 Å². The molecule has 1 saturated carbocycles. The average Bonchev–Trinajstić information content (AvgIpc) is 2.80. The van der Waals surface area contributed by atoms with Crippen LogP contribution in [0.3, 0.4) is 0 Å². The second-order valence-corrected chi connectivity index (χ2v) is 7.05. The number of aromatic nitrogens is 1. The summed E-state index contributed by atoms with van der Waals surface area (Å²) in [5, 5.41) is 16.9. The maximum atomic E-state index is 12.1. The molecule has 0 spiro atoms. The number of rotatable bonds is 3. The number of fused-ring (bicyclic) bond motifs is 1. The third kappa shape index (κ3) is 3.19. The minimum absolute atomic E-state index is 0.129. The van der Waals surface area contributed by atoms with Crippen LogP contribution in [-0.4, -0.2) is 40.7 Å². The van der Waals surface area contributed by atoms with E-state index in [4.69, 9.17) is 0 Å². The number of pyridine rings is 1. The fourth-order valence-electron chi connectivity index (χ4n) is 4.05. The smallest absolute Gasteiger partial charge is 0.260 e. The molecule has 0 bridgehead atoms. The lowest BCUT2D eigenvalue weighted by atomic mass is 9.75. The van der Waals surface area contributed by atoms with E-state index in [-0.39, 0.29) is 34.6 Å². The highest BCUT2D eigenvalue weighted by molar-refractivity contribution is 5.93. The molecule has 6 nitrogen and oxygen atoms in total. The number of aliphatic hydroxyl groups excluding tert-OH is 1. The van der Waals surface area contributed by atoms with Crippen LogP contribution in [0.15, 0.2) is 23.1 Å². The van der Waals surface area contributed by atoms with Crippen molar-refractivity contribution in [2.75, 3.05) is 6.54 Å². The lowest BCUT2D eigenvalue weighted by Crippen LogP contribution is -2.43. The molecule has 0 radical (unpaired) electrons. The van der Waals surface area contributed by atoms with Crippen LogP contribution in [0.1, 0.15) is 49.4 Å². The molecule has 3 rings (SSSR count). The van der Waals surface area contributed by atoms with Gasteiger partial charge in [-0.25, -0.2) is 0 Å². The second kappa shape index (κ2) is 6.45. The molecule has 1 saturated heterocycles. The van der Waals surface area contributed by atoms with Gasteiger partial charge in [-0.15, -0.1) is 0 Å². The fraction of sp³-hybridized carbons (Fsp3) is 0.647. The van der Waals surface area contributed by atoms with E-state index in [0.29, 0.717) is 12.6 Å². The molecule has 126 valence electrons. The molecule has 6 heteroatoms. The molecule has 1 amide bonds. The molecule has 0 unspecified atom stereocenters. The molecule has 2 fully saturated rings. The van der Waals surface area contributed by atoms with Crippen molar-refractivity contribution in [1.29, 1.82) is 0 Å². The summed E-state index contributed by atoms with van der Waals surface area (Å²) in [5.74, 6) is -0.355. The van der Waals surface area contributed by atoms with Crippen molar-refractivity contribution in [3.05, 3.63) is 34.2 Å². The molecule has 4 atom stereocenters. The van der Waals surface area contributed by atoms with Gasteiger partial charge in [0.25, 0.3) is 11.5 Å². The van der Waals surface area contributed by atoms with E-state index in [1.807, 2.05) is 0 Å². The molecule has 1 aliphatic heterocycles. The van der Waals surface area contributed by atoms with Gasteiger partial charge in [-0.1, -0.05) is 19.8 Å². The number of hydrogen-bond acceptors (Lipinski definition) is 4. The van der Waals surface area contributed by atoms with Crippen LogP contribution in [0.5, 0.6) is 0 Å². The van der Waals surface area contributed by atoms with Gasteiger partial charge in [-0.05, 0) is 31.4 Å². The highest BCUT2D eigenvalue weighted by atomic mass is 16.3. The second-order valence-electron chi connectivity index (χ2n) is 7.05. The van der Waals surface area contributed by atoms with Gasteiger partial charge in [-0.3, -0.25) is 9.59 Å². The molecule has 2 heterocycles. The van der Waals surface area contributed by atoms with E-state index >= 15 is 0 Å². The van der Waals surface area contributed by atoms with Crippen LogP contribution in [0.25, 0.3) is 0 Å². The van der Waals surface area contributed by atoms with Crippen LogP contribution in [0, 0.1) is 5.41 Å². The zero-order chi connectivity index (χ0) is 16.4. The van der Waals surface area contributed by atoms with Crippen molar-refractivity contribution in [2.45, 2.75) is 57.2 Å². The van der Waals surface area contributed by atoms with Crippen LogP contribution >= 0.6 is 0 Å². The average molecular weight is 319 g/mol. The minimum atomic E-state index is -0.378. The van der Waals surface area contributed by atoms with Crippen LogP contribution in [0.2, 0.25) is 0 Å². The quantitative estimate of drug-likeness (QED) is 0.662. The van der Waals surface area contributed by atoms with E-state index in [0.717, 1.165) is 32.1 Å². The van der Waals surface area contributed by atoms with E-state index in [9.17, 15) is 14.7 Å². The number of aliphatic hydroxyl groups is 1. The first-order valence-corrected chi connectivity index (χ1v) is 8.41. The summed E-state index contributed by atoms with van der Waals surface area (Å²) in [4.78, 5) is 26.3. The summed E-state index contributed by atoms with van der Waals surface area (Å²) in [6.07, 6.45) is 6.18. The van der Waals surface area contributed by atoms with Gasteiger partial charge >= 0.3 is 0 Å². The third-order valence-electron chi connectivity index (χ3n) is 5.47. The normalized spacial score (nSPS) is 33.7. The first kappa shape index (κ1) is 16.2. The van der Waals surface area contributed by atoms with E-state index < -0.39 is 0 Å². The number of carbonyl (C=O) groups excluding carboxylic acids is 1. The predicted octanol–water partition coefficient (Wildman–Crippen LogP) is 0.776. The Labute approximate surface area is 135 Å². The Kier molecular flexibility index (Phi) is 4.55. The Morgan fingerprint density at radius 3 is 3.00 bits per heavy atom. The molecule has 23 heavy (non-hydrogen) atoms. The summed E-state index contributed by atoms with van der Waals surface area (Å²) < 4.78 is 0. The maximum Gasteiger partial charge on any atom is 0.260 e. The van der Waals surface area contributed by atoms with Crippen molar-refractivity contribution in [1.82, 2.24) is 15.6 Å². The summed E-state index contributed by atoms with van der Waals surface area (Å²) in [6.45, 7) is 2.61. The SMILES string of the molecule is C[C@@]12C[C@H](CNC(=O)c3ccc[nH]c3=O)N[C@@H]1CCCC[C@@H]2O. The van der Waals surface area contributed by atoms with Crippen molar-refractivity contribution >= 4 is 5.91 Å². The number of carbonyl (C=O) groups is 1. The standard InChI is InChI=1S/C17H25N3O3/c1-17-9-11(20-13(17)6-2-3-7-14(17)21)10-19-16(23)12-5-4-8-18-15(12)22/h4-5,8,11,13-14,20-21H,2-3,6-7,9-10H2,1H3,(H,18,22)(H,19,23)/t11-,13-,14+,17-/m1/s1. The summed E-state index contributed by atoms with van der Waals surface area (Å²) in [5.41, 5.74) is -0.376. The number of nitrogens with one attached hydrogen (secondary N) is 3. The first-order valence-electron chi connectivity index (χ1n) is 8.41. The van der Waals surface area contributed by atoms with Gasteiger partial charge in [0.15, 0.2) is 0 Å². The molecule has 1 aliphatic carbocycles. The molecule has 1 aromatic rings. The van der Waals surface area contributed by atoms with Gasteiger partial charge in [0.2, 0.25) is 0 Å². The molecule has 2 aliphatic rings. The molecule has 4 N–H and O–H groups in total. The largest absolute Gasteiger partial charge is 0.392 e. The predicted molar refractivity (Wildman–Crippen MR) is 87.3 cm³/mol. The first-order chi connectivity index (χ1) is 11.0. The van der Waals surface area contributed by atoms with Crippen molar-refractivity contribution in [3.63, 3.8) is 0 Å². The topological polar surface area (TPSA) is 94.2 Å². The minimum Gasteiger partial charge on any atom is -0.392 e. The zero-order valence-electron chi connectivity index (χ0n) is 13.5.